The standard InChI is InChI=1S/C14H21ClN2O3/c1-10(2)8-17-5-6-19-11(9-17)7-16-14(18)12-3-4-13(15)20-12/h3-4,10-11H,5-9H2,1-2H3,(H,16,18)/t11-/m0/s1. The Morgan fingerprint density at radius 1 is 1.55 bits per heavy atom. The number of carbonyl (C=O) groups is 1. The van der Waals surface area contributed by atoms with Crippen LogP contribution in [0.25, 0.3) is 0 Å². The molecule has 0 spiro atoms. The summed E-state index contributed by atoms with van der Waals surface area (Å²) >= 11 is 5.64. The summed E-state index contributed by atoms with van der Waals surface area (Å²) < 4.78 is 10.7. The predicted molar refractivity (Wildman–Crippen MR) is 77.1 cm³/mol. The fourth-order valence-corrected chi connectivity index (χ4v) is 2.46. The van der Waals surface area contributed by atoms with Crippen LogP contribution in [-0.4, -0.2) is 49.7 Å². The van der Waals surface area contributed by atoms with Gasteiger partial charge < -0.3 is 14.5 Å². The summed E-state index contributed by atoms with van der Waals surface area (Å²) in [6.07, 6.45) is 0.0249. The van der Waals surface area contributed by atoms with E-state index >= 15 is 0 Å². The highest BCUT2D eigenvalue weighted by Crippen LogP contribution is 2.13. The minimum Gasteiger partial charge on any atom is -0.440 e. The highest BCUT2D eigenvalue weighted by atomic mass is 35.5. The number of hydrogen-bond acceptors (Lipinski definition) is 4. The van der Waals surface area contributed by atoms with Gasteiger partial charge in [-0.25, -0.2) is 0 Å². The molecule has 1 amide bonds. The summed E-state index contributed by atoms with van der Waals surface area (Å²) in [6.45, 7) is 8.45. The lowest BCUT2D eigenvalue weighted by Crippen LogP contribution is -2.48. The molecule has 1 aromatic rings. The number of halogens is 1. The van der Waals surface area contributed by atoms with Crippen molar-refractivity contribution in [1.82, 2.24) is 10.2 Å². The summed E-state index contributed by atoms with van der Waals surface area (Å²) in [4.78, 5) is 14.2. The predicted octanol–water partition coefficient (Wildman–Crippen LogP) is 2.02. The molecule has 6 heteroatoms. The number of ether oxygens (including phenoxy) is 1. The van der Waals surface area contributed by atoms with Gasteiger partial charge >= 0.3 is 0 Å². The van der Waals surface area contributed by atoms with Crippen LogP contribution in [0.3, 0.4) is 0 Å². The Kier molecular flexibility index (Phi) is 5.46. The van der Waals surface area contributed by atoms with E-state index in [0.717, 1.165) is 19.6 Å². The van der Waals surface area contributed by atoms with Gasteiger partial charge in [0, 0.05) is 26.2 Å². The van der Waals surface area contributed by atoms with Crippen molar-refractivity contribution in [2.45, 2.75) is 20.0 Å². The Balaban J connectivity index is 1.77. The van der Waals surface area contributed by atoms with E-state index in [4.69, 9.17) is 20.8 Å². The van der Waals surface area contributed by atoms with Crippen LogP contribution in [0.15, 0.2) is 16.5 Å². The van der Waals surface area contributed by atoms with Crippen molar-refractivity contribution in [3.8, 4) is 0 Å². The first kappa shape index (κ1) is 15.4. The molecular formula is C14H21ClN2O3. The first-order chi connectivity index (χ1) is 9.54. The maximum Gasteiger partial charge on any atom is 0.287 e. The lowest BCUT2D eigenvalue weighted by molar-refractivity contribution is -0.0296. The van der Waals surface area contributed by atoms with Crippen molar-refractivity contribution in [2.24, 2.45) is 5.92 Å². The van der Waals surface area contributed by atoms with E-state index < -0.39 is 0 Å². The molecule has 0 saturated carbocycles. The van der Waals surface area contributed by atoms with Gasteiger partial charge in [-0.15, -0.1) is 0 Å². The molecule has 0 aliphatic carbocycles. The molecule has 1 saturated heterocycles. The zero-order valence-corrected chi connectivity index (χ0v) is 12.7. The van der Waals surface area contributed by atoms with Crippen molar-refractivity contribution < 1.29 is 13.9 Å². The van der Waals surface area contributed by atoms with Crippen molar-refractivity contribution in [2.75, 3.05) is 32.8 Å². The van der Waals surface area contributed by atoms with Crippen LogP contribution in [0.4, 0.5) is 0 Å². The van der Waals surface area contributed by atoms with Crippen LogP contribution < -0.4 is 5.32 Å². The van der Waals surface area contributed by atoms with Gasteiger partial charge in [0.2, 0.25) is 0 Å². The van der Waals surface area contributed by atoms with Crippen LogP contribution in [0, 0.1) is 5.92 Å². The molecule has 0 bridgehead atoms. The second-order valence-electron chi connectivity index (χ2n) is 5.46. The summed E-state index contributed by atoms with van der Waals surface area (Å²) in [7, 11) is 0. The molecule has 0 unspecified atom stereocenters. The van der Waals surface area contributed by atoms with Crippen LogP contribution in [0.1, 0.15) is 24.4 Å². The Morgan fingerprint density at radius 2 is 2.35 bits per heavy atom. The molecule has 1 N–H and O–H groups in total. The molecule has 1 aromatic heterocycles. The number of hydrogen-bond donors (Lipinski definition) is 1. The third-order valence-corrected chi connectivity index (χ3v) is 3.34. The molecule has 1 aliphatic heterocycles. The Labute approximate surface area is 124 Å². The SMILES string of the molecule is CC(C)CN1CCO[C@@H](CNC(=O)c2ccc(Cl)o2)C1. The Bertz CT molecular complexity index is 447. The quantitative estimate of drug-likeness (QED) is 0.904. The fraction of sp³-hybridized carbons (Fsp3) is 0.643. The van der Waals surface area contributed by atoms with Gasteiger partial charge in [-0.05, 0) is 29.7 Å². The number of morpholine rings is 1. The molecule has 5 nitrogen and oxygen atoms in total. The number of furan rings is 1. The molecule has 2 heterocycles. The van der Waals surface area contributed by atoms with Crippen LogP contribution in [-0.2, 0) is 4.74 Å². The number of rotatable bonds is 5. The summed E-state index contributed by atoms with van der Waals surface area (Å²) in [5.74, 6) is 0.597. The van der Waals surface area contributed by atoms with Gasteiger partial charge in [0.15, 0.2) is 11.0 Å². The number of nitrogens with zero attached hydrogens (tertiary/aromatic N) is 1. The first-order valence-corrected chi connectivity index (χ1v) is 7.30. The highest BCUT2D eigenvalue weighted by molar-refractivity contribution is 6.29. The molecule has 0 aromatic carbocycles. The normalized spacial score (nSPS) is 20.3. The molecule has 112 valence electrons. The second kappa shape index (κ2) is 7.11. The van der Waals surface area contributed by atoms with Crippen molar-refractivity contribution >= 4 is 17.5 Å². The minimum atomic E-state index is -0.263. The molecule has 1 atom stereocenters. The number of amides is 1. The Morgan fingerprint density at radius 3 is 3.00 bits per heavy atom. The minimum absolute atomic E-state index is 0.0249. The van der Waals surface area contributed by atoms with E-state index in [1.54, 1.807) is 12.1 Å². The van der Waals surface area contributed by atoms with E-state index in [2.05, 4.69) is 24.1 Å². The van der Waals surface area contributed by atoms with E-state index in [9.17, 15) is 4.79 Å². The fourth-order valence-electron chi connectivity index (χ4n) is 2.32. The third-order valence-electron chi connectivity index (χ3n) is 3.13. The maximum absolute atomic E-state index is 11.8. The summed E-state index contributed by atoms with van der Waals surface area (Å²) in [5, 5.41) is 3.03. The molecule has 1 fully saturated rings. The van der Waals surface area contributed by atoms with E-state index in [1.807, 2.05) is 0 Å². The van der Waals surface area contributed by atoms with Gasteiger partial charge in [-0.3, -0.25) is 9.69 Å². The summed E-state index contributed by atoms with van der Waals surface area (Å²) in [5.41, 5.74) is 0. The summed E-state index contributed by atoms with van der Waals surface area (Å²) in [6, 6.07) is 3.11. The molecule has 2 rings (SSSR count). The van der Waals surface area contributed by atoms with Gasteiger partial charge in [0.05, 0.1) is 12.7 Å². The van der Waals surface area contributed by atoms with E-state index in [0.29, 0.717) is 19.1 Å². The van der Waals surface area contributed by atoms with Gasteiger partial charge in [0.25, 0.3) is 5.91 Å². The zero-order valence-electron chi connectivity index (χ0n) is 11.9. The van der Waals surface area contributed by atoms with Crippen LogP contribution >= 0.6 is 11.6 Å². The maximum atomic E-state index is 11.8. The van der Waals surface area contributed by atoms with Crippen LogP contribution in [0.2, 0.25) is 5.22 Å². The van der Waals surface area contributed by atoms with Crippen molar-refractivity contribution in [3.05, 3.63) is 23.1 Å². The number of carbonyl (C=O) groups excluding carboxylic acids is 1. The van der Waals surface area contributed by atoms with Gasteiger partial charge in [-0.2, -0.15) is 0 Å². The van der Waals surface area contributed by atoms with Gasteiger partial charge in [0.1, 0.15) is 0 Å². The average Bonchev–Trinajstić information content (AvgIpc) is 2.82. The molecule has 0 radical (unpaired) electrons. The largest absolute Gasteiger partial charge is 0.440 e. The third kappa shape index (κ3) is 4.51. The van der Waals surface area contributed by atoms with Crippen molar-refractivity contribution in [3.63, 3.8) is 0 Å². The topological polar surface area (TPSA) is 54.7 Å². The van der Waals surface area contributed by atoms with Gasteiger partial charge in [-0.1, -0.05) is 13.8 Å². The van der Waals surface area contributed by atoms with E-state index in [-0.39, 0.29) is 23.0 Å². The highest BCUT2D eigenvalue weighted by Gasteiger charge is 2.22. The second-order valence-corrected chi connectivity index (χ2v) is 5.83. The number of nitrogens with one attached hydrogen (secondary N) is 1. The van der Waals surface area contributed by atoms with Crippen molar-refractivity contribution in [1.29, 1.82) is 0 Å². The monoisotopic (exact) mass is 300 g/mol. The first-order valence-electron chi connectivity index (χ1n) is 6.92. The average molecular weight is 301 g/mol. The lowest BCUT2D eigenvalue weighted by atomic mass is 10.2. The molecule has 20 heavy (non-hydrogen) atoms. The molecular weight excluding hydrogens is 280 g/mol. The van der Waals surface area contributed by atoms with E-state index in [1.165, 1.54) is 0 Å². The smallest absolute Gasteiger partial charge is 0.287 e. The van der Waals surface area contributed by atoms with Crippen LogP contribution in [0.5, 0.6) is 0 Å². The molecule has 1 aliphatic rings. The Hall–Kier alpha value is -1.04. The lowest BCUT2D eigenvalue weighted by Gasteiger charge is -2.33. The zero-order chi connectivity index (χ0) is 14.5.